The molecule has 2 aromatic rings. The van der Waals surface area contributed by atoms with Gasteiger partial charge in [0.15, 0.2) is 6.61 Å². The van der Waals surface area contributed by atoms with Crippen molar-refractivity contribution < 1.29 is 14.3 Å². The van der Waals surface area contributed by atoms with Crippen LogP contribution in [0.4, 0.5) is 0 Å². The highest BCUT2D eigenvalue weighted by Gasteiger charge is 2.27. The fourth-order valence-corrected chi connectivity index (χ4v) is 3.47. The number of hydrazone groups is 1. The Kier molecular flexibility index (Phi) is 6.72. The van der Waals surface area contributed by atoms with E-state index in [1.54, 1.807) is 34.1 Å². The third-order valence-electron chi connectivity index (χ3n) is 5.40. The van der Waals surface area contributed by atoms with Crippen LogP contribution in [0, 0.1) is 0 Å². The molecular formula is C23H25ClN4O3. The lowest BCUT2D eigenvalue weighted by Gasteiger charge is -2.34. The predicted octanol–water partition coefficient (Wildman–Crippen LogP) is 2.63. The summed E-state index contributed by atoms with van der Waals surface area (Å²) in [5.41, 5.74) is 2.10. The Morgan fingerprint density at radius 3 is 2.42 bits per heavy atom. The van der Waals surface area contributed by atoms with Crippen LogP contribution in [-0.2, 0) is 16.1 Å². The molecular weight excluding hydrogens is 416 g/mol. The molecule has 2 saturated heterocycles. The number of benzene rings is 2. The Bertz CT molecular complexity index is 942. The fourth-order valence-electron chi connectivity index (χ4n) is 3.35. The van der Waals surface area contributed by atoms with Gasteiger partial charge in [-0.1, -0.05) is 35.9 Å². The van der Waals surface area contributed by atoms with Crippen molar-refractivity contribution in [3.8, 4) is 5.75 Å². The van der Waals surface area contributed by atoms with Crippen molar-refractivity contribution in [1.29, 1.82) is 0 Å². The molecule has 0 atom stereocenters. The average Bonchev–Trinajstić information content (AvgIpc) is 2.74. The van der Waals surface area contributed by atoms with Crippen molar-refractivity contribution in [1.82, 2.24) is 14.8 Å². The van der Waals surface area contributed by atoms with Gasteiger partial charge in [0.2, 0.25) is 5.91 Å². The van der Waals surface area contributed by atoms with Crippen LogP contribution < -0.4 is 4.74 Å². The van der Waals surface area contributed by atoms with Crippen molar-refractivity contribution in [2.45, 2.75) is 13.0 Å². The van der Waals surface area contributed by atoms with E-state index in [-0.39, 0.29) is 25.0 Å². The fraction of sp³-hybridized carbons (Fsp3) is 0.348. The summed E-state index contributed by atoms with van der Waals surface area (Å²) in [5.74, 6) is 0.310. The Hall–Kier alpha value is -3.06. The molecule has 2 aromatic carbocycles. The topological polar surface area (TPSA) is 65.5 Å². The number of piperazine rings is 1. The summed E-state index contributed by atoms with van der Waals surface area (Å²) < 4.78 is 5.50. The van der Waals surface area contributed by atoms with Gasteiger partial charge in [-0.05, 0) is 41.8 Å². The molecule has 0 N–H and O–H groups in total. The summed E-state index contributed by atoms with van der Waals surface area (Å²) in [7, 11) is 0. The Labute approximate surface area is 186 Å². The quantitative estimate of drug-likeness (QED) is 0.621. The Morgan fingerprint density at radius 1 is 1.03 bits per heavy atom. The van der Waals surface area contributed by atoms with E-state index in [4.69, 9.17) is 16.3 Å². The van der Waals surface area contributed by atoms with Crippen molar-refractivity contribution in [2.24, 2.45) is 5.10 Å². The second kappa shape index (κ2) is 9.83. The van der Waals surface area contributed by atoms with Crippen molar-refractivity contribution in [3.63, 3.8) is 0 Å². The molecule has 2 aliphatic heterocycles. The maximum atomic E-state index is 12.6. The van der Waals surface area contributed by atoms with Crippen LogP contribution in [0.5, 0.6) is 5.75 Å². The number of hydrogen-bond acceptors (Lipinski definition) is 5. The summed E-state index contributed by atoms with van der Waals surface area (Å²) in [6.07, 6.45) is 3.07. The number of carbonyl (C=O) groups is 2. The number of rotatable bonds is 7. The van der Waals surface area contributed by atoms with Gasteiger partial charge in [-0.15, -0.1) is 0 Å². The summed E-state index contributed by atoms with van der Waals surface area (Å²) in [6.45, 7) is 3.56. The SMILES string of the molecule is O=C(COc1ccc(Cl)cc1)N1CCN(Cc2ccc(C=NN3CCC3)cc2)C(=O)C1. The van der Waals surface area contributed by atoms with Gasteiger partial charge in [-0.2, -0.15) is 5.10 Å². The maximum Gasteiger partial charge on any atom is 0.261 e. The van der Waals surface area contributed by atoms with E-state index in [9.17, 15) is 9.59 Å². The highest BCUT2D eigenvalue weighted by atomic mass is 35.5. The lowest BCUT2D eigenvalue weighted by atomic mass is 10.1. The second-order valence-electron chi connectivity index (χ2n) is 7.67. The lowest BCUT2D eigenvalue weighted by Crippen LogP contribution is -2.52. The lowest BCUT2D eigenvalue weighted by molar-refractivity contribution is -0.146. The first kappa shape index (κ1) is 21.2. The van der Waals surface area contributed by atoms with Gasteiger partial charge in [-0.25, -0.2) is 0 Å². The highest BCUT2D eigenvalue weighted by molar-refractivity contribution is 6.30. The maximum absolute atomic E-state index is 12.6. The third-order valence-corrected chi connectivity index (χ3v) is 5.66. The summed E-state index contributed by atoms with van der Waals surface area (Å²) in [6, 6.07) is 14.9. The van der Waals surface area contributed by atoms with Gasteiger partial charge >= 0.3 is 0 Å². The normalized spacial score (nSPS) is 16.5. The zero-order chi connectivity index (χ0) is 21.6. The van der Waals surface area contributed by atoms with Crippen molar-refractivity contribution in [2.75, 3.05) is 39.3 Å². The van der Waals surface area contributed by atoms with E-state index in [1.165, 1.54) is 6.42 Å². The molecule has 0 bridgehead atoms. The number of carbonyl (C=O) groups excluding carboxylic acids is 2. The molecule has 0 unspecified atom stereocenters. The zero-order valence-corrected chi connectivity index (χ0v) is 18.0. The zero-order valence-electron chi connectivity index (χ0n) is 17.2. The van der Waals surface area contributed by atoms with Crippen LogP contribution in [0.15, 0.2) is 53.6 Å². The number of hydrogen-bond donors (Lipinski definition) is 0. The van der Waals surface area contributed by atoms with Crippen molar-refractivity contribution >= 4 is 29.6 Å². The van der Waals surface area contributed by atoms with E-state index in [2.05, 4.69) is 5.10 Å². The summed E-state index contributed by atoms with van der Waals surface area (Å²) in [4.78, 5) is 28.3. The second-order valence-corrected chi connectivity index (χ2v) is 8.10. The van der Waals surface area contributed by atoms with E-state index in [1.807, 2.05) is 35.5 Å². The molecule has 2 amide bonds. The van der Waals surface area contributed by atoms with Crippen LogP contribution in [0.2, 0.25) is 5.02 Å². The number of amides is 2. The third kappa shape index (κ3) is 5.76. The van der Waals surface area contributed by atoms with Crippen LogP contribution in [-0.4, -0.2) is 72.2 Å². The first-order valence-electron chi connectivity index (χ1n) is 10.4. The molecule has 2 fully saturated rings. The first-order valence-corrected chi connectivity index (χ1v) is 10.8. The van der Waals surface area contributed by atoms with Crippen LogP contribution >= 0.6 is 11.6 Å². The molecule has 4 rings (SSSR count). The number of ether oxygens (including phenoxy) is 1. The van der Waals surface area contributed by atoms with Crippen molar-refractivity contribution in [3.05, 3.63) is 64.7 Å². The smallest absolute Gasteiger partial charge is 0.261 e. The number of halogens is 1. The van der Waals surface area contributed by atoms with E-state index >= 15 is 0 Å². The highest BCUT2D eigenvalue weighted by Crippen LogP contribution is 2.16. The van der Waals surface area contributed by atoms with Gasteiger partial charge in [0, 0.05) is 37.7 Å². The monoisotopic (exact) mass is 440 g/mol. The van der Waals surface area contributed by atoms with E-state index in [0.29, 0.717) is 30.4 Å². The van der Waals surface area contributed by atoms with Gasteiger partial charge in [0.1, 0.15) is 5.75 Å². The van der Waals surface area contributed by atoms with E-state index < -0.39 is 0 Å². The van der Waals surface area contributed by atoms with Crippen LogP contribution in [0.1, 0.15) is 17.5 Å². The Balaban J connectivity index is 1.24. The van der Waals surface area contributed by atoms with Gasteiger partial charge in [0.25, 0.3) is 5.91 Å². The minimum absolute atomic E-state index is 0.0606. The van der Waals surface area contributed by atoms with Gasteiger partial charge in [-0.3, -0.25) is 14.6 Å². The first-order chi connectivity index (χ1) is 15.1. The molecule has 0 spiro atoms. The molecule has 0 radical (unpaired) electrons. The van der Waals surface area contributed by atoms with Gasteiger partial charge in [0.05, 0.1) is 12.8 Å². The molecule has 8 heteroatoms. The molecule has 0 aliphatic carbocycles. The largest absolute Gasteiger partial charge is 0.484 e. The van der Waals surface area contributed by atoms with Crippen LogP contribution in [0.3, 0.4) is 0 Å². The summed E-state index contributed by atoms with van der Waals surface area (Å²) in [5, 5.41) is 7.05. The molecule has 2 aliphatic rings. The van der Waals surface area contributed by atoms with Crippen LogP contribution in [0.25, 0.3) is 0 Å². The Morgan fingerprint density at radius 2 is 1.77 bits per heavy atom. The molecule has 162 valence electrons. The molecule has 2 heterocycles. The molecule has 7 nitrogen and oxygen atoms in total. The number of nitrogens with zero attached hydrogens (tertiary/aromatic N) is 4. The predicted molar refractivity (Wildman–Crippen MR) is 119 cm³/mol. The minimum Gasteiger partial charge on any atom is -0.484 e. The van der Waals surface area contributed by atoms with Gasteiger partial charge < -0.3 is 14.5 Å². The molecule has 0 saturated carbocycles. The standard InChI is InChI=1S/C23H25ClN4O3/c24-20-6-8-21(9-7-20)31-17-23(30)27-13-12-26(22(29)16-27)15-19-4-2-18(3-5-19)14-25-28-10-1-11-28/h2-9,14H,1,10-13,15-17H2. The molecule has 31 heavy (non-hydrogen) atoms. The molecule has 0 aromatic heterocycles. The average molecular weight is 441 g/mol. The van der Waals surface area contributed by atoms with E-state index in [0.717, 1.165) is 24.2 Å². The summed E-state index contributed by atoms with van der Waals surface area (Å²) >= 11 is 5.84. The minimum atomic E-state index is -0.200.